The Labute approximate surface area is 107 Å². The number of esters is 1. The molecule has 1 heterocycles. The van der Waals surface area contributed by atoms with Gasteiger partial charge in [-0.2, -0.15) is 0 Å². The number of carbonyl (C=O) groups is 1. The van der Waals surface area contributed by atoms with Crippen molar-refractivity contribution >= 4 is 11.7 Å². The molecule has 0 radical (unpaired) electrons. The van der Waals surface area contributed by atoms with E-state index < -0.39 is 11.5 Å². The van der Waals surface area contributed by atoms with Gasteiger partial charge in [0.05, 0.1) is 18.8 Å². The van der Waals surface area contributed by atoms with Gasteiger partial charge in [0.15, 0.2) is 0 Å². The average Bonchev–Trinajstić information content (AvgIpc) is 2.62. The van der Waals surface area contributed by atoms with Crippen LogP contribution in [0, 0.1) is 0 Å². The number of ether oxygens (including phenoxy) is 1. The van der Waals surface area contributed by atoms with E-state index in [1.807, 2.05) is 36.2 Å². The topological polar surface area (TPSA) is 49.8 Å². The third-order valence-electron chi connectivity index (χ3n) is 3.56. The normalized spacial score (nSPS) is 22.8. The first-order chi connectivity index (χ1) is 8.38. The average molecular weight is 249 g/mol. The predicted molar refractivity (Wildman–Crippen MR) is 69.7 cm³/mol. The zero-order chi connectivity index (χ0) is 13.5. The van der Waals surface area contributed by atoms with E-state index in [-0.39, 0.29) is 12.0 Å². The Morgan fingerprint density at radius 3 is 2.56 bits per heavy atom. The molecule has 0 aromatic heterocycles. The lowest BCUT2D eigenvalue weighted by molar-refractivity contribution is -0.144. The summed E-state index contributed by atoms with van der Waals surface area (Å²) in [5.41, 5.74) is 0.895. The fourth-order valence-corrected chi connectivity index (χ4v) is 2.88. The molecule has 98 valence electrons. The van der Waals surface area contributed by atoms with Crippen molar-refractivity contribution in [2.45, 2.75) is 31.4 Å². The number of anilines is 1. The molecule has 4 heteroatoms. The summed E-state index contributed by atoms with van der Waals surface area (Å²) in [7, 11) is 3.27. The molecule has 1 aromatic carbocycles. The lowest BCUT2D eigenvalue weighted by atomic mass is 9.85. The fraction of sp³-hybridized carbons (Fsp3) is 0.500. The number of hydrogen-bond donors (Lipinski definition) is 1. The van der Waals surface area contributed by atoms with Gasteiger partial charge in [0.25, 0.3) is 0 Å². The summed E-state index contributed by atoms with van der Waals surface area (Å²) < 4.78 is 4.89. The van der Waals surface area contributed by atoms with E-state index in [0.717, 1.165) is 11.3 Å². The minimum Gasteiger partial charge on any atom is -0.468 e. The summed E-state index contributed by atoms with van der Waals surface area (Å²) in [6.45, 7) is 3.44. The molecule has 0 unspecified atom stereocenters. The molecule has 0 saturated heterocycles. The SMILES string of the molecule is COC(=O)[C@H]1c2ccccc2N(C)[C@H]1C(C)(C)O. The monoisotopic (exact) mass is 249 g/mol. The lowest BCUT2D eigenvalue weighted by Crippen LogP contribution is -2.49. The molecule has 0 saturated carbocycles. The van der Waals surface area contributed by atoms with Crippen molar-refractivity contribution < 1.29 is 14.6 Å². The molecule has 0 spiro atoms. The van der Waals surface area contributed by atoms with Gasteiger partial charge in [-0.25, -0.2) is 0 Å². The maximum Gasteiger partial charge on any atom is 0.315 e. The van der Waals surface area contributed by atoms with Gasteiger partial charge in [0.1, 0.15) is 5.92 Å². The molecule has 0 amide bonds. The van der Waals surface area contributed by atoms with Gasteiger partial charge in [-0.1, -0.05) is 18.2 Å². The Balaban J connectivity index is 2.54. The third kappa shape index (κ3) is 1.86. The zero-order valence-electron chi connectivity index (χ0n) is 11.2. The number of rotatable bonds is 2. The summed E-state index contributed by atoms with van der Waals surface area (Å²) in [5, 5.41) is 10.3. The van der Waals surface area contributed by atoms with Crippen molar-refractivity contribution in [1.29, 1.82) is 0 Å². The van der Waals surface area contributed by atoms with E-state index >= 15 is 0 Å². The number of likely N-dealkylation sites (N-methyl/N-ethyl adjacent to an activating group) is 1. The molecule has 0 fully saturated rings. The third-order valence-corrected chi connectivity index (χ3v) is 3.56. The second-order valence-corrected chi connectivity index (χ2v) is 5.27. The van der Waals surface area contributed by atoms with Crippen LogP contribution in [0.4, 0.5) is 5.69 Å². The van der Waals surface area contributed by atoms with Crippen molar-refractivity contribution in [2.75, 3.05) is 19.1 Å². The number of hydrogen-bond acceptors (Lipinski definition) is 4. The Morgan fingerprint density at radius 1 is 1.39 bits per heavy atom. The fourth-order valence-electron chi connectivity index (χ4n) is 2.88. The Kier molecular flexibility index (Phi) is 3.07. The molecule has 0 bridgehead atoms. The number of aliphatic hydroxyl groups is 1. The summed E-state index contributed by atoms with van der Waals surface area (Å²) in [4.78, 5) is 14.0. The number of methoxy groups -OCH3 is 1. The van der Waals surface area contributed by atoms with Crippen LogP contribution in [0.1, 0.15) is 25.3 Å². The number of nitrogens with zero attached hydrogens (tertiary/aromatic N) is 1. The van der Waals surface area contributed by atoms with E-state index in [1.54, 1.807) is 13.8 Å². The van der Waals surface area contributed by atoms with Crippen LogP contribution in [-0.2, 0) is 9.53 Å². The van der Waals surface area contributed by atoms with E-state index in [0.29, 0.717) is 0 Å². The zero-order valence-corrected chi connectivity index (χ0v) is 11.2. The first-order valence-electron chi connectivity index (χ1n) is 6.00. The van der Waals surface area contributed by atoms with Crippen LogP contribution in [0.5, 0.6) is 0 Å². The van der Waals surface area contributed by atoms with E-state index in [4.69, 9.17) is 4.74 Å². The Morgan fingerprint density at radius 2 is 2.00 bits per heavy atom. The number of fused-ring (bicyclic) bond motifs is 1. The van der Waals surface area contributed by atoms with Crippen molar-refractivity contribution in [3.63, 3.8) is 0 Å². The molecule has 18 heavy (non-hydrogen) atoms. The van der Waals surface area contributed by atoms with E-state index in [2.05, 4.69) is 0 Å². The molecule has 1 aliphatic rings. The van der Waals surface area contributed by atoms with Gasteiger partial charge in [-0.15, -0.1) is 0 Å². The van der Waals surface area contributed by atoms with Gasteiger partial charge in [0, 0.05) is 12.7 Å². The van der Waals surface area contributed by atoms with Crippen molar-refractivity contribution in [3.8, 4) is 0 Å². The number of carbonyl (C=O) groups excluding carboxylic acids is 1. The first-order valence-corrected chi connectivity index (χ1v) is 6.00. The molecule has 0 aliphatic carbocycles. The van der Waals surface area contributed by atoms with Crippen molar-refractivity contribution in [2.24, 2.45) is 0 Å². The van der Waals surface area contributed by atoms with Crippen LogP contribution >= 0.6 is 0 Å². The van der Waals surface area contributed by atoms with Crippen LogP contribution in [-0.4, -0.2) is 36.9 Å². The van der Waals surface area contributed by atoms with Crippen LogP contribution < -0.4 is 4.90 Å². The molecule has 1 aromatic rings. The Hall–Kier alpha value is -1.55. The van der Waals surface area contributed by atoms with Gasteiger partial charge in [0.2, 0.25) is 0 Å². The molecule has 1 N–H and O–H groups in total. The molecular formula is C14H19NO3. The van der Waals surface area contributed by atoms with Gasteiger partial charge in [-0.3, -0.25) is 4.79 Å². The minimum absolute atomic E-state index is 0.307. The second kappa shape index (κ2) is 4.28. The van der Waals surface area contributed by atoms with Crippen LogP contribution in [0.15, 0.2) is 24.3 Å². The van der Waals surface area contributed by atoms with Crippen LogP contribution in [0.25, 0.3) is 0 Å². The largest absolute Gasteiger partial charge is 0.468 e. The van der Waals surface area contributed by atoms with Crippen LogP contribution in [0.3, 0.4) is 0 Å². The standard InChI is InChI=1S/C14H19NO3/c1-14(2,17)12-11(13(16)18-4)9-7-5-6-8-10(9)15(12)3/h5-8,11-12,17H,1-4H3/t11-,12+/m0/s1. The number of benzene rings is 1. The summed E-state index contributed by atoms with van der Waals surface area (Å²) >= 11 is 0. The number of para-hydroxylation sites is 1. The second-order valence-electron chi connectivity index (χ2n) is 5.27. The van der Waals surface area contributed by atoms with Gasteiger partial charge >= 0.3 is 5.97 Å². The van der Waals surface area contributed by atoms with Crippen molar-refractivity contribution in [3.05, 3.63) is 29.8 Å². The Bertz CT molecular complexity index is 464. The summed E-state index contributed by atoms with van der Waals surface area (Å²) in [6, 6.07) is 7.38. The molecule has 2 rings (SSSR count). The molecular weight excluding hydrogens is 230 g/mol. The maximum atomic E-state index is 12.0. The molecule has 4 nitrogen and oxygen atoms in total. The smallest absolute Gasteiger partial charge is 0.315 e. The predicted octanol–water partition coefficient (Wildman–Crippen LogP) is 1.53. The lowest BCUT2D eigenvalue weighted by Gasteiger charge is -2.35. The highest BCUT2D eigenvalue weighted by Crippen LogP contribution is 2.44. The molecule has 1 aliphatic heterocycles. The molecule has 2 atom stereocenters. The highest BCUT2D eigenvalue weighted by atomic mass is 16.5. The minimum atomic E-state index is -0.993. The van der Waals surface area contributed by atoms with Gasteiger partial charge < -0.3 is 14.7 Å². The maximum absolute atomic E-state index is 12.0. The highest BCUT2D eigenvalue weighted by molar-refractivity contribution is 5.85. The highest BCUT2D eigenvalue weighted by Gasteiger charge is 2.48. The van der Waals surface area contributed by atoms with E-state index in [9.17, 15) is 9.90 Å². The van der Waals surface area contributed by atoms with Crippen molar-refractivity contribution in [1.82, 2.24) is 0 Å². The first kappa shape index (κ1) is 12.9. The van der Waals surface area contributed by atoms with Crippen LogP contribution in [0.2, 0.25) is 0 Å². The summed E-state index contributed by atoms with van der Waals surface area (Å²) in [5.74, 6) is -0.755. The quantitative estimate of drug-likeness (QED) is 0.808. The summed E-state index contributed by atoms with van der Waals surface area (Å²) in [6.07, 6.45) is 0. The van der Waals surface area contributed by atoms with Gasteiger partial charge in [-0.05, 0) is 25.5 Å². The van der Waals surface area contributed by atoms with E-state index in [1.165, 1.54) is 7.11 Å².